The molecule has 0 atom stereocenters. The molecule has 0 aromatic rings. The molecule has 96 valence electrons. The second-order valence-corrected chi connectivity index (χ2v) is 5.13. The molecule has 0 spiro atoms. The van der Waals surface area contributed by atoms with Crippen LogP contribution in [0.5, 0.6) is 0 Å². The number of rotatable bonds is 7. The Morgan fingerprint density at radius 2 is 1.94 bits per heavy atom. The normalized spacial score (nSPS) is 20.2. The van der Waals surface area contributed by atoms with Gasteiger partial charge in [-0.15, -0.1) is 0 Å². The first-order valence-corrected chi connectivity index (χ1v) is 6.68. The fourth-order valence-corrected chi connectivity index (χ4v) is 2.77. The lowest BCUT2D eigenvalue weighted by molar-refractivity contribution is 0.0880. The summed E-state index contributed by atoms with van der Waals surface area (Å²) in [7, 11) is 1.77. The zero-order valence-corrected chi connectivity index (χ0v) is 11.0. The summed E-state index contributed by atoms with van der Waals surface area (Å²) in [6, 6.07) is 0. The van der Waals surface area contributed by atoms with Crippen LogP contribution in [0.2, 0.25) is 0 Å². The van der Waals surface area contributed by atoms with E-state index in [1.54, 1.807) is 7.11 Å². The number of hydrogen-bond donors (Lipinski definition) is 1. The van der Waals surface area contributed by atoms with Crippen molar-refractivity contribution in [2.24, 2.45) is 11.1 Å². The highest BCUT2D eigenvalue weighted by Gasteiger charge is 2.31. The number of nitrogens with zero attached hydrogens (tertiary/aromatic N) is 1. The average molecular weight is 228 g/mol. The smallest absolute Gasteiger partial charge is 0.0589 e. The minimum Gasteiger partial charge on any atom is -0.383 e. The van der Waals surface area contributed by atoms with E-state index in [4.69, 9.17) is 10.5 Å². The van der Waals surface area contributed by atoms with Gasteiger partial charge < -0.3 is 15.4 Å². The topological polar surface area (TPSA) is 38.5 Å². The average Bonchev–Trinajstić information content (AvgIpc) is 2.35. The van der Waals surface area contributed by atoms with Crippen LogP contribution in [-0.4, -0.2) is 44.8 Å². The van der Waals surface area contributed by atoms with Crippen molar-refractivity contribution < 1.29 is 4.74 Å². The molecule has 0 unspecified atom stereocenters. The van der Waals surface area contributed by atoms with E-state index in [9.17, 15) is 0 Å². The van der Waals surface area contributed by atoms with E-state index in [1.165, 1.54) is 32.1 Å². The Kier molecular flexibility index (Phi) is 6.32. The Morgan fingerprint density at radius 1 is 1.25 bits per heavy atom. The van der Waals surface area contributed by atoms with E-state index in [0.29, 0.717) is 5.41 Å². The molecule has 3 heteroatoms. The van der Waals surface area contributed by atoms with E-state index in [-0.39, 0.29) is 0 Å². The Bertz CT molecular complexity index is 179. The standard InChI is InChI=1S/C13H28N2O/c1-3-15(9-10-16-2)12-13(11-14)7-5-4-6-8-13/h3-12,14H2,1-2H3. The van der Waals surface area contributed by atoms with Crippen molar-refractivity contribution in [3.05, 3.63) is 0 Å². The number of methoxy groups -OCH3 is 1. The summed E-state index contributed by atoms with van der Waals surface area (Å²) in [5.74, 6) is 0. The molecule has 16 heavy (non-hydrogen) atoms. The third kappa shape index (κ3) is 4.04. The van der Waals surface area contributed by atoms with Crippen molar-refractivity contribution in [3.63, 3.8) is 0 Å². The van der Waals surface area contributed by atoms with Gasteiger partial charge in [-0.05, 0) is 31.3 Å². The highest BCUT2D eigenvalue weighted by molar-refractivity contribution is 4.86. The highest BCUT2D eigenvalue weighted by atomic mass is 16.5. The van der Waals surface area contributed by atoms with Crippen LogP contribution < -0.4 is 5.73 Å². The molecule has 0 aliphatic heterocycles. The van der Waals surface area contributed by atoms with Crippen LogP contribution in [0.1, 0.15) is 39.0 Å². The quantitative estimate of drug-likeness (QED) is 0.723. The first kappa shape index (κ1) is 13.9. The summed E-state index contributed by atoms with van der Waals surface area (Å²) in [5, 5.41) is 0. The van der Waals surface area contributed by atoms with Crippen molar-refractivity contribution in [3.8, 4) is 0 Å². The molecule has 3 nitrogen and oxygen atoms in total. The fourth-order valence-electron chi connectivity index (χ4n) is 2.77. The summed E-state index contributed by atoms with van der Waals surface area (Å²) in [6.07, 6.45) is 6.74. The lowest BCUT2D eigenvalue weighted by Crippen LogP contribution is -2.44. The van der Waals surface area contributed by atoms with Gasteiger partial charge in [0.15, 0.2) is 0 Å². The summed E-state index contributed by atoms with van der Waals surface area (Å²) in [4.78, 5) is 2.49. The molecule has 1 fully saturated rings. The molecule has 1 aliphatic rings. The van der Waals surface area contributed by atoms with Gasteiger partial charge in [0.1, 0.15) is 0 Å². The third-order valence-corrected chi connectivity index (χ3v) is 3.97. The summed E-state index contributed by atoms with van der Waals surface area (Å²) in [6.45, 7) is 7.19. The van der Waals surface area contributed by atoms with Crippen LogP contribution in [-0.2, 0) is 4.74 Å². The van der Waals surface area contributed by atoms with Crippen LogP contribution in [0.4, 0.5) is 0 Å². The van der Waals surface area contributed by atoms with Gasteiger partial charge in [-0.1, -0.05) is 26.2 Å². The number of ether oxygens (including phenoxy) is 1. The van der Waals surface area contributed by atoms with E-state index in [2.05, 4.69) is 11.8 Å². The van der Waals surface area contributed by atoms with E-state index < -0.39 is 0 Å². The molecular weight excluding hydrogens is 200 g/mol. The maximum atomic E-state index is 6.01. The highest BCUT2D eigenvalue weighted by Crippen LogP contribution is 2.35. The van der Waals surface area contributed by atoms with Gasteiger partial charge >= 0.3 is 0 Å². The van der Waals surface area contributed by atoms with E-state index in [1.807, 2.05) is 0 Å². The van der Waals surface area contributed by atoms with Crippen LogP contribution >= 0.6 is 0 Å². The van der Waals surface area contributed by atoms with Crippen molar-refractivity contribution in [1.82, 2.24) is 4.90 Å². The lowest BCUT2D eigenvalue weighted by Gasteiger charge is -2.40. The molecule has 0 amide bonds. The maximum absolute atomic E-state index is 6.01. The lowest BCUT2D eigenvalue weighted by atomic mass is 9.73. The molecule has 0 aromatic carbocycles. The third-order valence-electron chi connectivity index (χ3n) is 3.97. The van der Waals surface area contributed by atoms with Crippen LogP contribution in [0.3, 0.4) is 0 Å². The minimum absolute atomic E-state index is 0.391. The van der Waals surface area contributed by atoms with Gasteiger partial charge in [0.25, 0.3) is 0 Å². The Hall–Kier alpha value is -0.120. The molecule has 0 radical (unpaired) electrons. The molecule has 1 rings (SSSR count). The zero-order chi connectivity index (χ0) is 11.9. The van der Waals surface area contributed by atoms with Crippen LogP contribution in [0, 0.1) is 5.41 Å². The molecular formula is C13H28N2O. The number of likely N-dealkylation sites (N-methyl/N-ethyl adjacent to an activating group) is 1. The molecule has 0 heterocycles. The molecule has 1 saturated carbocycles. The number of hydrogen-bond acceptors (Lipinski definition) is 3. The Morgan fingerprint density at radius 3 is 2.44 bits per heavy atom. The van der Waals surface area contributed by atoms with Gasteiger partial charge in [0.2, 0.25) is 0 Å². The maximum Gasteiger partial charge on any atom is 0.0589 e. The van der Waals surface area contributed by atoms with Crippen molar-refractivity contribution in [2.45, 2.75) is 39.0 Å². The summed E-state index contributed by atoms with van der Waals surface area (Å²) >= 11 is 0. The molecule has 0 aromatic heterocycles. The fraction of sp³-hybridized carbons (Fsp3) is 1.00. The molecule has 2 N–H and O–H groups in total. The minimum atomic E-state index is 0.391. The molecule has 0 bridgehead atoms. The Labute approximate surface area is 100 Å². The largest absolute Gasteiger partial charge is 0.383 e. The van der Waals surface area contributed by atoms with Crippen molar-refractivity contribution in [1.29, 1.82) is 0 Å². The van der Waals surface area contributed by atoms with Crippen LogP contribution in [0.15, 0.2) is 0 Å². The monoisotopic (exact) mass is 228 g/mol. The van der Waals surface area contributed by atoms with E-state index in [0.717, 1.165) is 32.8 Å². The summed E-state index contributed by atoms with van der Waals surface area (Å²) < 4.78 is 5.16. The second kappa shape index (κ2) is 7.25. The predicted octanol–water partition coefficient (Wildman–Crippen LogP) is 1.86. The first-order chi connectivity index (χ1) is 7.76. The van der Waals surface area contributed by atoms with Crippen molar-refractivity contribution >= 4 is 0 Å². The Balaban J connectivity index is 2.45. The summed E-state index contributed by atoms with van der Waals surface area (Å²) in [5.41, 5.74) is 6.40. The van der Waals surface area contributed by atoms with Gasteiger partial charge in [0.05, 0.1) is 6.61 Å². The van der Waals surface area contributed by atoms with E-state index >= 15 is 0 Å². The van der Waals surface area contributed by atoms with Crippen LogP contribution in [0.25, 0.3) is 0 Å². The van der Waals surface area contributed by atoms with Gasteiger partial charge in [-0.3, -0.25) is 0 Å². The van der Waals surface area contributed by atoms with Gasteiger partial charge in [0, 0.05) is 20.2 Å². The SMILES string of the molecule is CCN(CCOC)CC1(CN)CCCCC1. The molecule has 1 aliphatic carbocycles. The number of nitrogens with two attached hydrogens (primary N) is 1. The van der Waals surface area contributed by atoms with Gasteiger partial charge in [-0.25, -0.2) is 0 Å². The zero-order valence-electron chi connectivity index (χ0n) is 11.0. The van der Waals surface area contributed by atoms with Gasteiger partial charge in [-0.2, -0.15) is 0 Å². The second-order valence-electron chi connectivity index (χ2n) is 5.13. The first-order valence-electron chi connectivity index (χ1n) is 6.68. The molecule has 0 saturated heterocycles. The predicted molar refractivity (Wildman–Crippen MR) is 68.6 cm³/mol. The van der Waals surface area contributed by atoms with Crippen molar-refractivity contribution in [2.75, 3.05) is 39.9 Å².